The van der Waals surface area contributed by atoms with E-state index in [9.17, 15) is 9.59 Å². The molecule has 0 radical (unpaired) electrons. The molecule has 0 N–H and O–H groups in total. The summed E-state index contributed by atoms with van der Waals surface area (Å²) in [4.78, 5) is 26.2. The van der Waals surface area contributed by atoms with Gasteiger partial charge in [-0.15, -0.1) is 0 Å². The monoisotopic (exact) mass is 728 g/mol. The van der Waals surface area contributed by atoms with E-state index in [2.05, 4.69) is 78.4 Å². The SMILES string of the molecule is O=C1[C@@H]2[C@@H]3C=C[C@H]([C@H]4C[C@@H]34)[C@@H]2C(=O)N1/N=C\c1cc(I)c(OCc2ccc(Br)cc2)c(I)c1. The molecule has 7 rings (SSSR count). The molecule has 5 nitrogen and oxygen atoms in total. The first-order valence-electron chi connectivity index (χ1n) is 10.9. The van der Waals surface area contributed by atoms with Gasteiger partial charge in [0.1, 0.15) is 12.4 Å². The Hall–Kier alpha value is -1.27. The molecule has 2 amide bonds. The molecule has 3 fully saturated rings. The van der Waals surface area contributed by atoms with E-state index >= 15 is 0 Å². The number of amides is 2. The number of hydrazone groups is 1. The lowest BCUT2D eigenvalue weighted by atomic mass is 9.63. The molecule has 4 aliphatic carbocycles. The van der Waals surface area contributed by atoms with Crippen molar-refractivity contribution in [3.63, 3.8) is 0 Å². The van der Waals surface area contributed by atoms with Crippen molar-refractivity contribution >= 4 is 79.1 Å². The van der Waals surface area contributed by atoms with E-state index in [1.807, 2.05) is 36.4 Å². The first-order chi connectivity index (χ1) is 15.9. The predicted octanol–water partition coefficient (Wildman–Crippen LogP) is 5.62. The number of ether oxygens (including phenoxy) is 1. The van der Waals surface area contributed by atoms with Gasteiger partial charge in [-0.2, -0.15) is 10.1 Å². The van der Waals surface area contributed by atoms with Crippen LogP contribution in [0.2, 0.25) is 0 Å². The quantitative estimate of drug-likeness (QED) is 0.174. The average Bonchev–Trinajstić information content (AvgIpc) is 3.57. The summed E-state index contributed by atoms with van der Waals surface area (Å²) >= 11 is 7.94. The van der Waals surface area contributed by atoms with E-state index in [0.717, 1.165) is 39.9 Å². The fraction of sp³-hybridized carbons (Fsp3) is 0.320. The number of halogens is 3. The van der Waals surface area contributed by atoms with E-state index in [0.29, 0.717) is 18.4 Å². The highest BCUT2D eigenvalue weighted by Gasteiger charge is 2.67. The minimum Gasteiger partial charge on any atom is -0.487 e. The Bertz CT molecular complexity index is 1170. The van der Waals surface area contributed by atoms with E-state index < -0.39 is 0 Å². The molecule has 8 heteroatoms. The fourth-order valence-corrected chi connectivity index (χ4v) is 8.10. The van der Waals surface area contributed by atoms with E-state index in [4.69, 9.17) is 4.74 Å². The number of carbonyl (C=O) groups excluding carboxylic acids is 2. The minimum atomic E-state index is -0.219. The molecule has 2 saturated carbocycles. The standard InChI is InChI=1S/C25H19BrI2N2O3/c26-14-3-1-12(2-4-14)11-33-23-19(27)7-13(8-20(23)28)10-29-30-24(31)21-15-5-6-16(18-9-17(15)18)22(21)25(30)32/h1-8,10,15-18,21-22H,9,11H2/b29-10-/t15-,16-,17-,18+,21+,22-/m1/s1. The van der Waals surface area contributed by atoms with Crippen LogP contribution in [0.25, 0.3) is 0 Å². The topological polar surface area (TPSA) is 59.0 Å². The molecule has 168 valence electrons. The van der Waals surface area contributed by atoms with Gasteiger partial charge >= 0.3 is 0 Å². The number of imide groups is 1. The van der Waals surface area contributed by atoms with Gasteiger partial charge in [-0.25, -0.2) is 0 Å². The maximum absolute atomic E-state index is 13.1. The highest BCUT2D eigenvalue weighted by Crippen LogP contribution is 2.65. The number of benzene rings is 2. The second-order valence-electron chi connectivity index (χ2n) is 9.12. The Morgan fingerprint density at radius 3 is 2.15 bits per heavy atom. The number of hydrogen-bond donors (Lipinski definition) is 0. The second-order valence-corrected chi connectivity index (χ2v) is 12.4. The lowest BCUT2D eigenvalue weighted by molar-refractivity contribution is -0.140. The van der Waals surface area contributed by atoms with Crippen LogP contribution >= 0.6 is 61.1 Å². The van der Waals surface area contributed by atoms with Crippen LogP contribution in [-0.2, 0) is 16.2 Å². The van der Waals surface area contributed by atoms with Gasteiger partial charge in [-0.05, 0) is 111 Å². The van der Waals surface area contributed by atoms with Gasteiger partial charge in [0.25, 0.3) is 11.8 Å². The molecule has 0 spiro atoms. The Balaban J connectivity index is 1.18. The van der Waals surface area contributed by atoms with Crippen molar-refractivity contribution in [3.8, 4) is 5.75 Å². The number of carbonyl (C=O) groups is 2. The lowest BCUT2D eigenvalue weighted by Gasteiger charge is -2.37. The van der Waals surface area contributed by atoms with Crippen LogP contribution in [0.4, 0.5) is 0 Å². The van der Waals surface area contributed by atoms with Crippen LogP contribution in [0.5, 0.6) is 5.75 Å². The number of nitrogens with zero attached hydrogens (tertiary/aromatic N) is 2. The van der Waals surface area contributed by atoms with Gasteiger partial charge in [0.15, 0.2) is 0 Å². The molecule has 6 atom stereocenters. The van der Waals surface area contributed by atoms with Crippen LogP contribution in [0.15, 0.2) is 58.1 Å². The van der Waals surface area contributed by atoms with E-state index in [-0.39, 0.29) is 35.5 Å². The fourth-order valence-electron chi connectivity index (χ4n) is 5.71. The van der Waals surface area contributed by atoms with E-state index in [1.54, 1.807) is 6.21 Å². The minimum absolute atomic E-state index is 0.134. The summed E-state index contributed by atoms with van der Waals surface area (Å²) < 4.78 is 9.01. The highest BCUT2D eigenvalue weighted by molar-refractivity contribution is 14.1. The smallest absolute Gasteiger partial charge is 0.254 e. The highest BCUT2D eigenvalue weighted by atomic mass is 127. The largest absolute Gasteiger partial charge is 0.487 e. The predicted molar refractivity (Wildman–Crippen MR) is 144 cm³/mol. The summed E-state index contributed by atoms with van der Waals surface area (Å²) in [6, 6.07) is 12.0. The molecular formula is C25H19BrI2N2O3. The molecule has 33 heavy (non-hydrogen) atoms. The summed E-state index contributed by atoms with van der Waals surface area (Å²) in [6.07, 6.45) is 7.13. The molecule has 0 unspecified atom stereocenters. The summed E-state index contributed by atoms with van der Waals surface area (Å²) in [5, 5.41) is 5.49. The van der Waals surface area contributed by atoms with Crippen LogP contribution in [-0.4, -0.2) is 23.0 Å². The molecule has 1 heterocycles. The van der Waals surface area contributed by atoms with Gasteiger partial charge < -0.3 is 4.74 Å². The van der Waals surface area contributed by atoms with Gasteiger partial charge in [0, 0.05) is 4.47 Å². The number of allylic oxidation sites excluding steroid dienone is 2. The summed E-state index contributed by atoms with van der Waals surface area (Å²) in [5.74, 6) is 1.72. The van der Waals surface area contributed by atoms with Crippen molar-refractivity contribution in [2.45, 2.75) is 13.0 Å². The maximum Gasteiger partial charge on any atom is 0.254 e. The average molecular weight is 729 g/mol. The summed E-state index contributed by atoms with van der Waals surface area (Å²) in [6.45, 7) is 0.477. The number of hydrogen-bond acceptors (Lipinski definition) is 4. The third-order valence-electron chi connectivity index (χ3n) is 7.28. The Kier molecular flexibility index (Phi) is 5.68. The van der Waals surface area contributed by atoms with Crippen molar-refractivity contribution < 1.29 is 14.3 Å². The molecule has 2 aromatic rings. The van der Waals surface area contributed by atoms with Crippen LogP contribution in [0.1, 0.15) is 17.5 Å². The molecule has 1 saturated heterocycles. The van der Waals surface area contributed by atoms with Gasteiger partial charge in [-0.3, -0.25) is 9.59 Å². The van der Waals surface area contributed by atoms with E-state index in [1.165, 1.54) is 0 Å². The zero-order valence-electron chi connectivity index (χ0n) is 17.3. The van der Waals surface area contributed by atoms with Gasteiger partial charge in [0.2, 0.25) is 0 Å². The second kappa shape index (κ2) is 8.44. The Labute approximate surface area is 227 Å². The van der Waals surface area contributed by atoms with Gasteiger partial charge in [0.05, 0.1) is 25.2 Å². The first-order valence-corrected chi connectivity index (χ1v) is 13.8. The van der Waals surface area contributed by atoms with Crippen molar-refractivity contribution in [2.75, 3.05) is 0 Å². The zero-order chi connectivity index (χ0) is 22.9. The third-order valence-corrected chi connectivity index (χ3v) is 9.41. The van der Waals surface area contributed by atoms with Gasteiger partial charge in [-0.1, -0.05) is 40.2 Å². The van der Waals surface area contributed by atoms with Crippen molar-refractivity contribution in [2.24, 2.45) is 40.6 Å². The van der Waals surface area contributed by atoms with Crippen LogP contribution in [0, 0.1) is 42.6 Å². The first kappa shape index (κ1) is 22.2. The molecule has 1 aliphatic heterocycles. The lowest BCUT2D eigenvalue weighted by Crippen LogP contribution is -2.40. The molecule has 5 aliphatic rings. The Morgan fingerprint density at radius 1 is 1.00 bits per heavy atom. The summed E-state index contributed by atoms with van der Waals surface area (Å²) in [5.41, 5.74) is 1.92. The Morgan fingerprint density at radius 2 is 1.58 bits per heavy atom. The van der Waals surface area contributed by atoms with Crippen molar-refractivity contribution in [1.82, 2.24) is 5.01 Å². The third kappa shape index (κ3) is 3.80. The molecule has 2 bridgehead atoms. The van der Waals surface area contributed by atoms with Crippen molar-refractivity contribution in [3.05, 3.63) is 71.3 Å². The number of rotatable bonds is 5. The maximum atomic E-state index is 13.1. The molecule has 0 aromatic heterocycles. The van der Waals surface area contributed by atoms with Crippen LogP contribution < -0.4 is 4.74 Å². The molecular weight excluding hydrogens is 710 g/mol. The summed E-state index contributed by atoms with van der Waals surface area (Å²) in [7, 11) is 0. The molecule has 2 aromatic carbocycles. The van der Waals surface area contributed by atoms with Crippen molar-refractivity contribution in [1.29, 1.82) is 0 Å². The normalized spacial score (nSPS) is 31.3. The zero-order valence-corrected chi connectivity index (χ0v) is 23.2. The van der Waals surface area contributed by atoms with Crippen LogP contribution in [0.3, 0.4) is 0 Å².